The van der Waals surface area contributed by atoms with E-state index in [0.29, 0.717) is 6.42 Å². The molecule has 0 aliphatic heterocycles. The van der Waals surface area contributed by atoms with Gasteiger partial charge in [-0.2, -0.15) is 5.26 Å². The number of hydrogen-bond acceptors (Lipinski definition) is 3. The number of phenolic OH excluding ortho intramolecular Hbond substituents is 2. The maximum atomic E-state index is 9.36. The lowest BCUT2D eigenvalue weighted by Gasteiger charge is -2.28. The van der Waals surface area contributed by atoms with E-state index in [1.165, 1.54) is 0 Å². The van der Waals surface area contributed by atoms with Gasteiger partial charge in [0, 0.05) is 11.8 Å². The van der Waals surface area contributed by atoms with Gasteiger partial charge in [0.15, 0.2) is 0 Å². The molecule has 2 rings (SSSR count). The van der Waals surface area contributed by atoms with E-state index >= 15 is 0 Å². The van der Waals surface area contributed by atoms with Crippen molar-refractivity contribution in [1.29, 1.82) is 5.26 Å². The van der Waals surface area contributed by atoms with Gasteiger partial charge in [0.2, 0.25) is 0 Å². The fraction of sp³-hybridized carbons (Fsp3) is 0.188. The van der Waals surface area contributed by atoms with Crippen LogP contribution in [-0.2, 0) is 5.41 Å². The molecule has 0 spiro atoms. The zero-order valence-corrected chi connectivity index (χ0v) is 10.7. The fourth-order valence-electron chi connectivity index (χ4n) is 2.19. The Bertz CT molecular complexity index is 549. The van der Waals surface area contributed by atoms with Crippen molar-refractivity contribution in [2.75, 3.05) is 0 Å². The van der Waals surface area contributed by atoms with Crippen molar-refractivity contribution in [3.63, 3.8) is 0 Å². The van der Waals surface area contributed by atoms with E-state index in [4.69, 9.17) is 5.26 Å². The van der Waals surface area contributed by atoms with Crippen molar-refractivity contribution < 1.29 is 10.2 Å². The van der Waals surface area contributed by atoms with E-state index < -0.39 is 5.41 Å². The first-order chi connectivity index (χ1) is 9.06. The number of nitriles is 1. The minimum atomic E-state index is -0.462. The molecule has 0 saturated heterocycles. The van der Waals surface area contributed by atoms with E-state index in [0.717, 1.165) is 11.1 Å². The van der Waals surface area contributed by atoms with Crippen LogP contribution in [-0.4, -0.2) is 10.2 Å². The quantitative estimate of drug-likeness (QED) is 0.882. The lowest BCUT2D eigenvalue weighted by atomic mass is 9.74. The number of benzene rings is 2. The molecule has 2 aromatic carbocycles. The second-order valence-corrected chi connectivity index (χ2v) is 4.76. The maximum Gasteiger partial charge on any atom is 0.115 e. The molecule has 0 aliphatic carbocycles. The van der Waals surface area contributed by atoms with Crippen molar-refractivity contribution in [2.45, 2.75) is 18.8 Å². The minimum Gasteiger partial charge on any atom is -0.508 e. The third kappa shape index (κ3) is 2.53. The predicted molar refractivity (Wildman–Crippen MR) is 72.9 cm³/mol. The molecular formula is C16H15NO2. The highest BCUT2D eigenvalue weighted by Crippen LogP contribution is 2.36. The lowest BCUT2D eigenvalue weighted by Crippen LogP contribution is -2.22. The van der Waals surface area contributed by atoms with Gasteiger partial charge in [0.1, 0.15) is 11.5 Å². The normalized spacial score (nSPS) is 10.9. The van der Waals surface area contributed by atoms with E-state index in [2.05, 4.69) is 6.07 Å². The molecule has 0 radical (unpaired) electrons. The number of aromatic hydroxyl groups is 2. The molecule has 19 heavy (non-hydrogen) atoms. The standard InChI is InChI=1S/C16H15NO2/c1-16(10-11-17,12-2-6-14(18)7-3-12)13-4-8-15(19)9-5-13/h2-9,18-19H,10H2,1H3. The zero-order valence-electron chi connectivity index (χ0n) is 10.7. The van der Waals surface area contributed by atoms with Gasteiger partial charge in [-0.1, -0.05) is 31.2 Å². The Kier molecular flexibility index (Phi) is 3.43. The van der Waals surface area contributed by atoms with Gasteiger partial charge in [0.25, 0.3) is 0 Å². The van der Waals surface area contributed by atoms with Crippen molar-refractivity contribution in [3.8, 4) is 17.6 Å². The summed E-state index contributed by atoms with van der Waals surface area (Å²) in [5.41, 5.74) is 1.45. The van der Waals surface area contributed by atoms with Gasteiger partial charge in [0.05, 0.1) is 6.07 Å². The van der Waals surface area contributed by atoms with Crippen LogP contribution < -0.4 is 0 Å². The molecule has 2 N–H and O–H groups in total. The number of hydrogen-bond donors (Lipinski definition) is 2. The molecule has 96 valence electrons. The van der Waals surface area contributed by atoms with Gasteiger partial charge in [-0.15, -0.1) is 0 Å². The molecule has 3 nitrogen and oxygen atoms in total. The molecular weight excluding hydrogens is 238 g/mol. The Balaban J connectivity index is 2.51. The van der Waals surface area contributed by atoms with Crippen LogP contribution in [0.3, 0.4) is 0 Å². The van der Waals surface area contributed by atoms with Crippen molar-refractivity contribution in [1.82, 2.24) is 0 Å². The minimum absolute atomic E-state index is 0.203. The third-order valence-corrected chi connectivity index (χ3v) is 3.44. The van der Waals surface area contributed by atoms with Crippen LogP contribution in [0, 0.1) is 11.3 Å². The molecule has 0 atom stereocenters. The molecule has 3 heteroatoms. The van der Waals surface area contributed by atoms with Crippen molar-refractivity contribution in [3.05, 3.63) is 59.7 Å². The lowest BCUT2D eigenvalue weighted by molar-refractivity contribution is 0.473. The van der Waals surface area contributed by atoms with Gasteiger partial charge in [-0.05, 0) is 35.4 Å². The van der Waals surface area contributed by atoms with Crippen LogP contribution in [0.4, 0.5) is 0 Å². The van der Waals surface area contributed by atoms with E-state index in [1.807, 2.05) is 31.2 Å². The number of rotatable bonds is 3. The second kappa shape index (κ2) is 5.03. The van der Waals surface area contributed by atoms with Crippen molar-refractivity contribution in [2.24, 2.45) is 0 Å². The topological polar surface area (TPSA) is 64.2 Å². The molecule has 0 amide bonds. The predicted octanol–water partition coefficient (Wildman–Crippen LogP) is 3.32. The van der Waals surface area contributed by atoms with Gasteiger partial charge < -0.3 is 10.2 Å². The average Bonchev–Trinajstić information content (AvgIpc) is 2.40. The summed E-state index contributed by atoms with van der Waals surface area (Å²) in [6, 6.07) is 16.0. The maximum absolute atomic E-state index is 9.36. The molecule has 0 bridgehead atoms. The summed E-state index contributed by atoms with van der Waals surface area (Å²) in [7, 11) is 0. The van der Waals surface area contributed by atoms with Gasteiger partial charge in [-0.3, -0.25) is 0 Å². The van der Waals surface area contributed by atoms with E-state index in [-0.39, 0.29) is 11.5 Å². The Hall–Kier alpha value is -2.47. The zero-order chi connectivity index (χ0) is 13.9. The summed E-state index contributed by atoms with van der Waals surface area (Å²) in [4.78, 5) is 0. The van der Waals surface area contributed by atoms with Crippen LogP contribution >= 0.6 is 0 Å². The van der Waals surface area contributed by atoms with Crippen LogP contribution in [0.25, 0.3) is 0 Å². The molecule has 2 aromatic rings. The van der Waals surface area contributed by atoms with E-state index in [1.54, 1.807) is 24.3 Å². The number of phenols is 2. The van der Waals surface area contributed by atoms with Crippen LogP contribution in [0.1, 0.15) is 24.5 Å². The first-order valence-corrected chi connectivity index (χ1v) is 6.02. The van der Waals surface area contributed by atoms with Crippen LogP contribution in [0.2, 0.25) is 0 Å². The SMILES string of the molecule is CC(CC#N)(c1ccc(O)cc1)c1ccc(O)cc1. The monoisotopic (exact) mass is 253 g/mol. The smallest absolute Gasteiger partial charge is 0.115 e. The highest BCUT2D eigenvalue weighted by molar-refractivity contribution is 5.43. The molecule has 0 aliphatic rings. The molecule has 0 saturated carbocycles. The number of nitrogens with zero attached hydrogens (tertiary/aromatic N) is 1. The largest absolute Gasteiger partial charge is 0.508 e. The summed E-state index contributed by atoms with van der Waals surface area (Å²) in [5.74, 6) is 0.405. The fourth-order valence-corrected chi connectivity index (χ4v) is 2.19. The van der Waals surface area contributed by atoms with E-state index in [9.17, 15) is 10.2 Å². The highest BCUT2D eigenvalue weighted by atomic mass is 16.3. The summed E-state index contributed by atoms with van der Waals surface area (Å²) in [5, 5.41) is 27.8. The summed E-state index contributed by atoms with van der Waals surface area (Å²) in [6.07, 6.45) is 0.322. The second-order valence-electron chi connectivity index (χ2n) is 4.76. The third-order valence-electron chi connectivity index (χ3n) is 3.44. The highest BCUT2D eigenvalue weighted by Gasteiger charge is 2.28. The summed E-state index contributed by atoms with van der Waals surface area (Å²) in [6.45, 7) is 1.98. The van der Waals surface area contributed by atoms with Crippen LogP contribution in [0.5, 0.6) is 11.5 Å². The average molecular weight is 253 g/mol. The Morgan fingerprint density at radius 1 is 0.895 bits per heavy atom. The first-order valence-electron chi connectivity index (χ1n) is 6.02. The Labute approximate surface area is 112 Å². The van der Waals surface area contributed by atoms with Gasteiger partial charge >= 0.3 is 0 Å². The van der Waals surface area contributed by atoms with Gasteiger partial charge in [-0.25, -0.2) is 0 Å². The van der Waals surface area contributed by atoms with Crippen molar-refractivity contribution >= 4 is 0 Å². The molecule has 0 fully saturated rings. The molecule has 0 heterocycles. The Morgan fingerprint density at radius 3 is 1.58 bits per heavy atom. The first kappa shape index (κ1) is 13.0. The van der Waals surface area contributed by atoms with Crippen LogP contribution in [0.15, 0.2) is 48.5 Å². The molecule has 0 aromatic heterocycles. The summed E-state index contributed by atoms with van der Waals surface area (Å²) < 4.78 is 0. The summed E-state index contributed by atoms with van der Waals surface area (Å²) >= 11 is 0. The molecule has 0 unspecified atom stereocenters. The Morgan fingerprint density at radius 2 is 1.26 bits per heavy atom.